The van der Waals surface area contributed by atoms with Crippen LogP contribution in [0.2, 0.25) is 5.02 Å². The van der Waals surface area contributed by atoms with E-state index in [1.807, 2.05) is 19.1 Å². The van der Waals surface area contributed by atoms with Crippen LogP contribution in [0, 0.1) is 6.92 Å². The normalized spacial score (nSPS) is 20.4. The summed E-state index contributed by atoms with van der Waals surface area (Å²) in [6, 6.07) is 4.65. The van der Waals surface area contributed by atoms with Gasteiger partial charge in [-0.15, -0.1) is 0 Å². The minimum absolute atomic E-state index is 0.0513. The molecule has 1 aliphatic heterocycles. The van der Waals surface area contributed by atoms with Crippen molar-refractivity contribution in [1.29, 1.82) is 0 Å². The average molecular weight is 359 g/mol. The van der Waals surface area contributed by atoms with Gasteiger partial charge in [0.05, 0.1) is 6.04 Å². The second-order valence-corrected chi connectivity index (χ2v) is 6.10. The first-order valence-electron chi connectivity index (χ1n) is 7.16. The Morgan fingerprint density at radius 2 is 2.00 bits per heavy atom. The van der Waals surface area contributed by atoms with Crippen molar-refractivity contribution in [3.05, 3.63) is 46.1 Å². The number of anilines is 1. The van der Waals surface area contributed by atoms with Crippen molar-refractivity contribution in [2.75, 3.05) is 5.32 Å². The molecule has 0 unspecified atom stereocenters. The number of amides is 1. The number of rotatable bonds is 2. The van der Waals surface area contributed by atoms with Crippen molar-refractivity contribution < 1.29 is 18.0 Å². The molecule has 0 saturated carbocycles. The minimum Gasteiger partial charge on any atom is -0.364 e. The number of hydrogen-bond donors (Lipinski definition) is 2. The van der Waals surface area contributed by atoms with Crippen LogP contribution in [-0.2, 0) is 0 Å². The molecule has 0 saturated heterocycles. The second kappa shape index (κ2) is 5.70. The van der Waals surface area contributed by atoms with Gasteiger partial charge in [0, 0.05) is 6.42 Å². The van der Waals surface area contributed by atoms with Gasteiger partial charge < -0.3 is 11.1 Å². The molecule has 1 aromatic heterocycles. The zero-order chi connectivity index (χ0) is 17.6. The lowest BCUT2D eigenvalue weighted by atomic mass is 9.96. The summed E-state index contributed by atoms with van der Waals surface area (Å²) >= 11 is 6.02. The SMILES string of the molecule is Cc1ccc([C@H]2C[C@@H](C(F)(F)F)n3nc(C(N)=O)c(Cl)c3N2)cc1. The molecule has 2 atom stereocenters. The number of benzene rings is 1. The van der Waals surface area contributed by atoms with E-state index in [9.17, 15) is 18.0 Å². The van der Waals surface area contributed by atoms with Gasteiger partial charge in [-0.25, -0.2) is 4.68 Å². The zero-order valence-corrected chi connectivity index (χ0v) is 13.3. The molecule has 2 heterocycles. The Bertz CT molecular complexity index is 785. The van der Waals surface area contributed by atoms with Gasteiger partial charge >= 0.3 is 6.18 Å². The molecule has 5 nitrogen and oxygen atoms in total. The number of nitrogens with two attached hydrogens (primary N) is 1. The van der Waals surface area contributed by atoms with E-state index in [0.29, 0.717) is 10.2 Å². The first-order chi connectivity index (χ1) is 11.2. The van der Waals surface area contributed by atoms with Crippen LogP contribution < -0.4 is 11.1 Å². The van der Waals surface area contributed by atoms with Gasteiger partial charge in [-0.05, 0) is 12.5 Å². The zero-order valence-electron chi connectivity index (χ0n) is 12.6. The first kappa shape index (κ1) is 16.6. The van der Waals surface area contributed by atoms with Crippen molar-refractivity contribution in [2.24, 2.45) is 5.73 Å². The van der Waals surface area contributed by atoms with Crippen molar-refractivity contribution in [3.8, 4) is 0 Å². The summed E-state index contributed by atoms with van der Waals surface area (Å²) in [6.07, 6.45) is -4.81. The molecule has 1 aromatic carbocycles. The predicted molar refractivity (Wildman–Crippen MR) is 83.0 cm³/mol. The predicted octanol–water partition coefficient (Wildman–Crippen LogP) is 3.60. The minimum atomic E-state index is -4.54. The highest BCUT2D eigenvalue weighted by Gasteiger charge is 2.47. The van der Waals surface area contributed by atoms with Gasteiger partial charge in [-0.3, -0.25) is 4.79 Å². The van der Waals surface area contributed by atoms with E-state index in [0.717, 1.165) is 5.56 Å². The molecular formula is C15H14ClF3N4O. The van der Waals surface area contributed by atoms with E-state index in [2.05, 4.69) is 10.4 Å². The molecule has 1 amide bonds. The smallest absolute Gasteiger partial charge is 0.364 e. The number of carbonyl (C=O) groups is 1. The topological polar surface area (TPSA) is 72.9 Å². The van der Waals surface area contributed by atoms with Crippen LogP contribution in [-0.4, -0.2) is 21.9 Å². The Labute approximate surface area is 140 Å². The standard InChI is InChI=1S/C15H14ClF3N4O/c1-7-2-4-8(5-3-7)9-6-10(15(17,18)19)23-14(21-9)11(16)12(22-23)13(20)24/h2-5,9-10,21H,6H2,1H3,(H2,20,24)/t9-,10+/m1/s1. The number of nitrogens with one attached hydrogen (secondary N) is 1. The number of hydrogen-bond acceptors (Lipinski definition) is 3. The summed E-state index contributed by atoms with van der Waals surface area (Å²) in [4.78, 5) is 11.3. The quantitative estimate of drug-likeness (QED) is 0.861. The molecule has 128 valence electrons. The third kappa shape index (κ3) is 2.82. The molecule has 3 N–H and O–H groups in total. The first-order valence-corrected chi connectivity index (χ1v) is 7.54. The molecule has 9 heteroatoms. The molecule has 1 aliphatic rings. The lowest BCUT2D eigenvalue weighted by molar-refractivity contribution is -0.173. The van der Waals surface area contributed by atoms with Crippen molar-refractivity contribution in [1.82, 2.24) is 9.78 Å². The molecule has 0 fully saturated rings. The Morgan fingerprint density at radius 3 is 2.54 bits per heavy atom. The van der Waals surface area contributed by atoms with Crippen LogP contribution in [0.25, 0.3) is 0 Å². The van der Waals surface area contributed by atoms with Crippen LogP contribution in [0.15, 0.2) is 24.3 Å². The molecule has 0 bridgehead atoms. The van der Waals surface area contributed by atoms with Crippen LogP contribution in [0.4, 0.5) is 19.0 Å². The highest BCUT2D eigenvalue weighted by molar-refractivity contribution is 6.36. The summed E-state index contributed by atoms with van der Waals surface area (Å²) in [7, 11) is 0. The van der Waals surface area contributed by atoms with E-state index in [1.165, 1.54) is 0 Å². The summed E-state index contributed by atoms with van der Waals surface area (Å²) in [5.74, 6) is -1.03. The number of nitrogens with zero attached hydrogens (tertiary/aromatic N) is 2. The largest absolute Gasteiger partial charge is 0.410 e. The van der Waals surface area contributed by atoms with Gasteiger partial charge in [0.2, 0.25) is 0 Å². The van der Waals surface area contributed by atoms with Gasteiger partial charge in [-0.1, -0.05) is 41.4 Å². The fourth-order valence-corrected chi connectivity index (χ4v) is 3.04. The number of fused-ring (bicyclic) bond motifs is 1. The molecular weight excluding hydrogens is 345 g/mol. The summed E-state index contributed by atoms with van der Waals surface area (Å²) < 4.78 is 41.1. The third-order valence-electron chi connectivity index (χ3n) is 4.01. The Kier molecular flexibility index (Phi) is 3.95. The number of aromatic nitrogens is 2. The van der Waals surface area contributed by atoms with Crippen LogP contribution in [0.5, 0.6) is 0 Å². The lowest BCUT2D eigenvalue weighted by Crippen LogP contribution is -2.35. The van der Waals surface area contributed by atoms with Gasteiger partial charge in [0.1, 0.15) is 10.8 Å². The third-order valence-corrected chi connectivity index (χ3v) is 4.37. The Balaban J connectivity index is 2.08. The van der Waals surface area contributed by atoms with E-state index >= 15 is 0 Å². The second-order valence-electron chi connectivity index (χ2n) is 5.72. The van der Waals surface area contributed by atoms with Gasteiger partial charge in [-0.2, -0.15) is 18.3 Å². The Hall–Kier alpha value is -2.22. The number of carbonyl (C=O) groups excluding carboxylic acids is 1. The highest BCUT2D eigenvalue weighted by Crippen LogP contribution is 2.46. The molecule has 3 rings (SSSR count). The van der Waals surface area contributed by atoms with Crippen molar-refractivity contribution in [3.63, 3.8) is 0 Å². The van der Waals surface area contributed by atoms with Gasteiger partial charge in [0.15, 0.2) is 11.7 Å². The van der Waals surface area contributed by atoms with Crippen LogP contribution in [0.1, 0.15) is 40.1 Å². The van der Waals surface area contributed by atoms with Crippen molar-refractivity contribution >= 4 is 23.3 Å². The van der Waals surface area contributed by atoms with E-state index < -0.39 is 24.2 Å². The fraction of sp³-hybridized carbons (Fsp3) is 0.333. The number of aryl methyl sites for hydroxylation is 1. The molecule has 0 radical (unpaired) electrons. The summed E-state index contributed by atoms with van der Waals surface area (Å²) in [6.45, 7) is 1.89. The molecule has 0 aliphatic carbocycles. The molecule has 0 spiro atoms. The fourth-order valence-electron chi connectivity index (χ4n) is 2.76. The average Bonchev–Trinajstić information content (AvgIpc) is 2.83. The van der Waals surface area contributed by atoms with E-state index in [4.69, 9.17) is 17.3 Å². The number of primary amides is 1. The Morgan fingerprint density at radius 1 is 1.38 bits per heavy atom. The highest BCUT2D eigenvalue weighted by atomic mass is 35.5. The van der Waals surface area contributed by atoms with Crippen molar-refractivity contribution in [2.45, 2.75) is 31.6 Å². The lowest BCUT2D eigenvalue weighted by Gasteiger charge is -2.33. The maximum Gasteiger partial charge on any atom is 0.410 e. The van der Waals surface area contributed by atoms with E-state index in [-0.39, 0.29) is 23.0 Å². The van der Waals surface area contributed by atoms with Crippen LogP contribution >= 0.6 is 11.6 Å². The molecule has 2 aromatic rings. The van der Waals surface area contributed by atoms with Crippen LogP contribution in [0.3, 0.4) is 0 Å². The molecule has 24 heavy (non-hydrogen) atoms. The summed E-state index contributed by atoms with van der Waals surface area (Å²) in [5, 5.41) is 6.41. The number of alkyl halides is 3. The monoisotopic (exact) mass is 358 g/mol. The maximum atomic E-state index is 13.5. The summed E-state index contributed by atoms with van der Waals surface area (Å²) in [5.41, 5.74) is 6.45. The maximum absolute atomic E-state index is 13.5. The number of halogens is 4. The van der Waals surface area contributed by atoms with E-state index in [1.54, 1.807) is 12.1 Å². The van der Waals surface area contributed by atoms with Gasteiger partial charge in [0.25, 0.3) is 5.91 Å².